The molecule has 3 saturated heterocycles. The number of nitrogens with zero attached hydrogens (tertiary/aromatic N) is 2. The molecule has 21 atom stereocenters. The van der Waals surface area contributed by atoms with Gasteiger partial charge in [0.25, 0.3) is 0 Å². The maximum atomic E-state index is 14.6. The van der Waals surface area contributed by atoms with Crippen molar-refractivity contribution < 1.29 is 92.6 Å². The zero-order chi connectivity index (χ0) is 62.9. The molecule has 3 heterocycles. The van der Waals surface area contributed by atoms with Crippen molar-refractivity contribution in [2.75, 3.05) is 52.1 Å². The standard InChI is InChI=1S/C56H100N4O19S4/c1-17-42-56(12,72)47(64)34(6)60(15)27-30(2)25-54(10,71)49(32(4)45(33(5)52(70)76-42)78-44-26-55(11,73-16)48(65)35(7)75-44)79-53-46(41(59(13)14)24-31(3)74-53)77-43(63)21-19-18-20-38(83-82-29-40(51(68)69)58-37(9)62)22-23-80-81-28-39(50(66)67)57-36(8)61/h30-35,38-42,44-49,53,64-65,71-72H,17-29H2,1-16H3,(H,57,61)(H,58,62)(H,66,67)(H,68,69)/t30-,31-,32+,33-,34-,35+,38-,39+,40?,41+,42-,44+,45+,46-,47-,48+,49-,53+,54-,55-,56-/m1/s1. The lowest BCUT2D eigenvalue weighted by Gasteiger charge is -2.49. The van der Waals surface area contributed by atoms with Crippen molar-refractivity contribution in [2.24, 2.45) is 17.8 Å². The molecule has 27 heteroatoms. The van der Waals surface area contributed by atoms with E-state index in [0.717, 1.165) is 0 Å². The van der Waals surface area contributed by atoms with Gasteiger partial charge >= 0.3 is 23.9 Å². The van der Waals surface area contributed by atoms with Crippen molar-refractivity contribution in [1.29, 1.82) is 0 Å². The smallest absolute Gasteiger partial charge is 0.327 e. The number of hydrogen-bond donors (Lipinski definition) is 8. The summed E-state index contributed by atoms with van der Waals surface area (Å²) in [5.41, 5.74) is -4.72. The number of esters is 2. The van der Waals surface area contributed by atoms with Crippen LogP contribution in [0.1, 0.15) is 141 Å². The second-order valence-electron chi connectivity index (χ2n) is 24.0. The maximum Gasteiger partial charge on any atom is 0.327 e. The van der Waals surface area contributed by atoms with Crippen LogP contribution in [0, 0.1) is 17.8 Å². The summed E-state index contributed by atoms with van der Waals surface area (Å²) in [5, 5.41) is 72.0. The number of unbranched alkanes of at least 4 members (excludes halogenated alkanes) is 1. The average Bonchev–Trinajstić information content (AvgIpc) is 3.68. The molecule has 0 spiro atoms. The Morgan fingerprint density at radius 3 is 1.99 bits per heavy atom. The second kappa shape index (κ2) is 34.5. The van der Waals surface area contributed by atoms with Gasteiger partial charge in [-0.3, -0.25) is 19.2 Å². The van der Waals surface area contributed by atoms with Crippen LogP contribution in [0.5, 0.6) is 0 Å². The first-order valence-corrected chi connectivity index (χ1v) is 33.7. The van der Waals surface area contributed by atoms with E-state index in [2.05, 4.69) is 10.6 Å². The summed E-state index contributed by atoms with van der Waals surface area (Å²) >= 11 is 0. The number of aliphatic hydroxyl groups excluding tert-OH is 2. The summed E-state index contributed by atoms with van der Waals surface area (Å²) in [6, 6.07) is -3.19. The van der Waals surface area contributed by atoms with Crippen LogP contribution in [0.15, 0.2) is 0 Å². The van der Waals surface area contributed by atoms with E-state index in [1.807, 2.05) is 44.8 Å². The highest BCUT2D eigenvalue weighted by Crippen LogP contribution is 2.41. The molecule has 0 aromatic carbocycles. The maximum absolute atomic E-state index is 14.6. The van der Waals surface area contributed by atoms with E-state index in [4.69, 9.17) is 33.2 Å². The number of carbonyl (C=O) groups excluding carboxylic acids is 4. The lowest BCUT2D eigenvalue weighted by molar-refractivity contribution is -0.319. The molecule has 3 aliphatic heterocycles. The van der Waals surface area contributed by atoms with Gasteiger partial charge in [-0.2, -0.15) is 0 Å². The third-order valence-electron chi connectivity index (χ3n) is 16.2. The number of ether oxygens (including phenoxy) is 7. The number of carbonyl (C=O) groups is 6. The van der Waals surface area contributed by atoms with Gasteiger partial charge in [-0.1, -0.05) is 70.4 Å². The third-order valence-corrected chi connectivity index (χ3v) is 21.7. The first-order valence-electron chi connectivity index (χ1n) is 28.9. The molecule has 0 aliphatic carbocycles. The van der Waals surface area contributed by atoms with Crippen molar-refractivity contribution in [3.8, 4) is 0 Å². The summed E-state index contributed by atoms with van der Waals surface area (Å²) in [5.74, 6) is -5.93. The first kappa shape index (κ1) is 75.0. The minimum absolute atomic E-state index is 0.0170. The van der Waals surface area contributed by atoms with E-state index in [9.17, 15) is 59.4 Å². The van der Waals surface area contributed by atoms with Gasteiger partial charge < -0.3 is 84.2 Å². The highest BCUT2D eigenvalue weighted by molar-refractivity contribution is 8.77. The largest absolute Gasteiger partial charge is 0.480 e. The zero-order valence-electron chi connectivity index (χ0n) is 51.6. The number of amides is 2. The summed E-state index contributed by atoms with van der Waals surface area (Å²) in [7, 11) is 12.6. The number of carboxylic acids is 2. The van der Waals surface area contributed by atoms with Crippen LogP contribution in [-0.4, -0.2) is 236 Å². The summed E-state index contributed by atoms with van der Waals surface area (Å²) in [4.78, 5) is 79.4. The van der Waals surface area contributed by atoms with Crippen molar-refractivity contribution >= 4 is 78.9 Å². The number of likely N-dealkylation sites (N-methyl/N-ethyl adjacent to an activating group) is 2. The Bertz CT molecular complexity index is 2070. The molecule has 0 aromatic rings. The predicted octanol–water partition coefficient (Wildman–Crippen LogP) is 4.71. The molecule has 0 saturated carbocycles. The molecule has 2 amide bonds. The van der Waals surface area contributed by atoms with Crippen LogP contribution in [0.4, 0.5) is 0 Å². The molecular weight excluding hydrogens is 1160 g/mol. The van der Waals surface area contributed by atoms with Gasteiger partial charge in [0, 0.05) is 74.8 Å². The highest BCUT2D eigenvalue weighted by atomic mass is 33.1. The summed E-state index contributed by atoms with van der Waals surface area (Å²) < 4.78 is 45.2. The van der Waals surface area contributed by atoms with E-state index >= 15 is 0 Å². The monoisotopic (exact) mass is 1260 g/mol. The van der Waals surface area contributed by atoms with Gasteiger partial charge in [0.15, 0.2) is 18.7 Å². The van der Waals surface area contributed by atoms with Gasteiger partial charge in [0.05, 0.1) is 47.6 Å². The molecule has 3 fully saturated rings. The topological polar surface area (TPSA) is 319 Å². The molecule has 83 heavy (non-hydrogen) atoms. The molecule has 8 N–H and O–H groups in total. The molecular formula is C56H100N4O19S4. The minimum atomic E-state index is -1.89. The van der Waals surface area contributed by atoms with E-state index in [-0.39, 0.29) is 48.4 Å². The lowest BCUT2D eigenvalue weighted by atomic mass is 9.77. The van der Waals surface area contributed by atoms with Crippen LogP contribution in [0.25, 0.3) is 0 Å². The Hall–Kier alpha value is -2.22. The predicted molar refractivity (Wildman–Crippen MR) is 320 cm³/mol. The molecule has 0 bridgehead atoms. The highest BCUT2D eigenvalue weighted by Gasteiger charge is 2.53. The third kappa shape index (κ3) is 22.7. The molecule has 0 radical (unpaired) electrons. The van der Waals surface area contributed by atoms with E-state index in [1.54, 1.807) is 48.5 Å². The number of carboxylic acid groups (broad SMARTS) is 2. The van der Waals surface area contributed by atoms with E-state index in [1.165, 1.54) is 71.1 Å². The Morgan fingerprint density at radius 1 is 0.831 bits per heavy atom. The Labute approximate surface area is 507 Å². The number of cyclic esters (lactones) is 1. The molecule has 0 aromatic heterocycles. The summed E-state index contributed by atoms with van der Waals surface area (Å²) in [6.45, 7) is 20.1. The number of nitrogens with one attached hydrogen (secondary N) is 2. The van der Waals surface area contributed by atoms with Gasteiger partial charge in [-0.25, -0.2) is 9.59 Å². The van der Waals surface area contributed by atoms with Crippen LogP contribution in [0.3, 0.4) is 0 Å². The summed E-state index contributed by atoms with van der Waals surface area (Å²) in [6.07, 6.45) is -7.32. The molecule has 23 nitrogen and oxygen atoms in total. The molecule has 3 rings (SSSR count). The fourth-order valence-electron chi connectivity index (χ4n) is 11.3. The fraction of sp³-hybridized carbons (Fsp3) is 0.893. The molecule has 3 aliphatic rings. The average molecular weight is 1260 g/mol. The SMILES string of the molecule is CC[C@H]1OC(=O)[C@H](C)[C@@H](O[C@H]2C[C@@](C)(OC)[C@@H](O)[C@H](C)O2)[C@H](C)[C@@H](O[C@@H]2O[C@H](C)C[C@H](N(C)C)[C@H]2OC(=O)CCCC[C@H](CCSSC[C@H](NC(C)=O)C(=O)O)SSCC(NC(C)=O)C(=O)O)[C@](C)(O)C[C@@H](C)CN(C)[C@H](C)[C@@H](O)[C@]1(C)O. The van der Waals surface area contributed by atoms with Crippen LogP contribution < -0.4 is 10.6 Å². The normalized spacial score (nSPS) is 36.3. The fourth-order valence-corrected chi connectivity index (χ4v) is 16.7. The van der Waals surface area contributed by atoms with Crippen LogP contribution in [0.2, 0.25) is 0 Å². The first-order chi connectivity index (χ1) is 38.6. The van der Waals surface area contributed by atoms with Gasteiger partial charge in [-0.05, 0) is 114 Å². The van der Waals surface area contributed by atoms with Gasteiger partial charge in [0.2, 0.25) is 11.8 Å². The Kier molecular flexibility index (Phi) is 31.2. The van der Waals surface area contributed by atoms with Crippen molar-refractivity contribution in [3.63, 3.8) is 0 Å². The molecule has 1 unspecified atom stereocenters. The van der Waals surface area contributed by atoms with Crippen molar-refractivity contribution in [2.45, 2.75) is 249 Å². The quantitative estimate of drug-likeness (QED) is 0.0314. The number of aliphatic carboxylic acids is 2. The van der Waals surface area contributed by atoms with E-state index < -0.39 is 150 Å². The number of rotatable bonds is 27. The lowest BCUT2D eigenvalue weighted by Crippen LogP contribution is -2.61. The number of hydrogen-bond acceptors (Lipinski definition) is 23. The number of aliphatic hydroxyl groups is 4. The minimum Gasteiger partial charge on any atom is -0.480 e. The van der Waals surface area contributed by atoms with Gasteiger partial charge in [0.1, 0.15) is 36.0 Å². The number of methoxy groups -OCH3 is 1. The van der Waals surface area contributed by atoms with Crippen molar-refractivity contribution in [1.82, 2.24) is 20.4 Å². The Balaban J connectivity index is 2.00. The Morgan fingerprint density at radius 2 is 1.43 bits per heavy atom. The second-order valence-corrected chi connectivity index (χ2v) is 29.3. The van der Waals surface area contributed by atoms with Crippen LogP contribution in [-0.2, 0) is 61.9 Å². The van der Waals surface area contributed by atoms with Crippen LogP contribution >= 0.6 is 43.2 Å². The molecule has 482 valence electrons. The van der Waals surface area contributed by atoms with E-state index in [0.29, 0.717) is 44.4 Å². The van der Waals surface area contributed by atoms with Gasteiger partial charge in [-0.15, -0.1) is 0 Å². The zero-order valence-corrected chi connectivity index (χ0v) is 54.9. The van der Waals surface area contributed by atoms with Crippen molar-refractivity contribution in [3.05, 3.63) is 0 Å².